The average molecular weight is 911 g/mol. The third-order valence-electron chi connectivity index (χ3n) is 12.3. The van der Waals surface area contributed by atoms with E-state index in [0.717, 1.165) is 89.9 Å². The number of carbonyl (C=O) groups is 3. The van der Waals surface area contributed by atoms with Crippen LogP contribution in [-0.4, -0.2) is 37.2 Å². The Hall–Kier alpha value is -2.63. The van der Waals surface area contributed by atoms with Gasteiger partial charge in [0.05, 0.1) is 0 Å². The molecule has 6 nitrogen and oxygen atoms in total. The van der Waals surface area contributed by atoms with Gasteiger partial charge in [-0.25, -0.2) is 0 Å². The highest BCUT2D eigenvalue weighted by molar-refractivity contribution is 5.71. The van der Waals surface area contributed by atoms with E-state index in [1.807, 2.05) is 0 Å². The van der Waals surface area contributed by atoms with Crippen LogP contribution >= 0.6 is 0 Å². The van der Waals surface area contributed by atoms with Gasteiger partial charge < -0.3 is 14.2 Å². The summed E-state index contributed by atoms with van der Waals surface area (Å²) in [5.41, 5.74) is 0. The van der Waals surface area contributed by atoms with Gasteiger partial charge in [-0.05, 0) is 103 Å². The number of hydrogen-bond donors (Lipinski definition) is 0. The van der Waals surface area contributed by atoms with E-state index in [1.165, 1.54) is 161 Å². The van der Waals surface area contributed by atoms with E-state index in [2.05, 4.69) is 69.4 Å². The molecule has 0 aromatic rings. The quantitative estimate of drug-likeness (QED) is 0.0262. The number of allylic oxidation sites excluding steroid dienone is 8. The maximum absolute atomic E-state index is 12.8. The van der Waals surface area contributed by atoms with Crippen molar-refractivity contribution in [3.63, 3.8) is 0 Å². The first-order valence-electron chi connectivity index (χ1n) is 28.1. The number of carbonyl (C=O) groups excluding carboxylic acids is 3. The van der Waals surface area contributed by atoms with E-state index < -0.39 is 6.10 Å². The molecule has 0 fully saturated rings. The van der Waals surface area contributed by atoms with Crippen LogP contribution in [0.15, 0.2) is 48.6 Å². The van der Waals surface area contributed by atoms with Crippen LogP contribution in [0.1, 0.15) is 290 Å². The highest BCUT2D eigenvalue weighted by atomic mass is 16.6. The first-order valence-corrected chi connectivity index (χ1v) is 28.1. The predicted octanol–water partition coefficient (Wildman–Crippen LogP) is 18.7. The molecule has 0 saturated heterocycles. The third-order valence-corrected chi connectivity index (χ3v) is 12.3. The molecule has 0 aliphatic heterocycles. The van der Waals surface area contributed by atoms with Crippen LogP contribution in [0.25, 0.3) is 0 Å². The lowest BCUT2D eigenvalue weighted by Gasteiger charge is -2.18. The van der Waals surface area contributed by atoms with Crippen LogP contribution in [0.5, 0.6) is 0 Å². The van der Waals surface area contributed by atoms with Crippen LogP contribution in [0.2, 0.25) is 0 Å². The lowest BCUT2D eigenvalue weighted by atomic mass is 10.1. The maximum atomic E-state index is 12.8. The minimum absolute atomic E-state index is 0.0812. The normalized spacial score (nSPS) is 12.4. The zero-order valence-electron chi connectivity index (χ0n) is 43.3. The minimum Gasteiger partial charge on any atom is -0.462 e. The molecule has 0 aliphatic carbocycles. The second-order valence-electron chi connectivity index (χ2n) is 18.8. The standard InChI is InChI=1S/C59H106O6/c1-4-7-10-13-16-19-22-25-27-28-29-30-32-34-37-40-43-46-49-52-58(61)64-55-56(54-63-57(60)51-48-45-42-39-36-33-24-21-18-15-12-9-6-3)65-59(62)53-50-47-44-41-38-35-31-26-23-20-17-14-11-8-5-2/h17,20-21,24-27,31,56H,4-16,18-19,22-23,28-30,32-55H2,1-3H3/b20-17+,24-21+,27-25+,31-26+/t56-/m1/s1. The number of unbranched alkanes of at least 4 members (excludes halogenated alkanes) is 32. The van der Waals surface area contributed by atoms with E-state index in [-0.39, 0.29) is 31.1 Å². The molecule has 0 N–H and O–H groups in total. The molecule has 0 aliphatic rings. The molecule has 378 valence electrons. The zero-order chi connectivity index (χ0) is 47.2. The van der Waals surface area contributed by atoms with Gasteiger partial charge in [0, 0.05) is 19.3 Å². The van der Waals surface area contributed by atoms with Gasteiger partial charge in [0.2, 0.25) is 0 Å². The molecule has 65 heavy (non-hydrogen) atoms. The molecule has 0 unspecified atom stereocenters. The van der Waals surface area contributed by atoms with E-state index in [4.69, 9.17) is 14.2 Å². The van der Waals surface area contributed by atoms with Gasteiger partial charge in [0.1, 0.15) is 13.2 Å². The Morgan fingerprint density at radius 2 is 0.554 bits per heavy atom. The van der Waals surface area contributed by atoms with Crippen molar-refractivity contribution in [3.8, 4) is 0 Å². The van der Waals surface area contributed by atoms with Crippen LogP contribution in [0, 0.1) is 0 Å². The van der Waals surface area contributed by atoms with Gasteiger partial charge >= 0.3 is 17.9 Å². The number of rotatable bonds is 51. The monoisotopic (exact) mass is 911 g/mol. The predicted molar refractivity (Wildman–Crippen MR) is 279 cm³/mol. The third kappa shape index (κ3) is 52.2. The topological polar surface area (TPSA) is 78.9 Å². The van der Waals surface area contributed by atoms with Crippen molar-refractivity contribution >= 4 is 17.9 Å². The second kappa shape index (κ2) is 54.0. The fourth-order valence-electron chi connectivity index (χ4n) is 7.99. The summed E-state index contributed by atoms with van der Waals surface area (Å²) in [6.07, 6.45) is 65.2. The Morgan fingerprint density at radius 3 is 0.908 bits per heavy atom. The fraction of sp³-hybridized carbons (Fsp3) is 0.814. The van der Waals surface area contributed by atoms with E-state index >= 15 is 0 Å². The Morgan fingerprint density at radius 1 is 0.308 bits per heavy atom. The van der Waals surface area contributed by atoms with Crippen molar-refractivity contribution in [2.24, 2.45) is 0 Å². The van der Waals surface area contributed by atoms with Crippen LogP contribution < -0.4 is 0 Å². The molecule has 0 spiro atoms. The second-order valence-corrected chi connectivity index (χ2v) is 18.8. The van der Waals surface area contributed by atoms with Crippen molar-refractivity contribution < 1.29 is 28.6 Å². The van der Waals surface area contributed by atoms with Crippen molar-refractivity contribution in [2.45, 2.75) is 297 Å². The summed E-state index contributed by atoms with van der Waals surface area (Å²) in [6, 6.07) is 0. The largest absolute Gasteiger partial charge is 0.462 e. The van der Waals surface area contributed by atoms with Crippen LogP contribution in [-0.2, 0) is 28.6 Å². The Balaban J connectivity index is 4.36. The van der Waals surface area contributed by atoms with Crippen molar-refractivity contribution in [1.29, 1.82) is 0 Å². The molecule has 0 aromatic heterocycles. The van der Waals surface area contributed by atoms with Crippen LogP contribution in [0.4, 0.5) is 0 Å². The molecule has 0 radical (unpaired) electrons. The van der Waals surface area contributed by atoms with E-state index in [0.29, 0.717) is 19.3 Å². The molecule has 0 amide bonds. The molecule has 0 aromatic carbocycles. The summed E-state index contributed by atoms with van der Waals surface area (Å²) < 4.78 is 16.8. The van der Waals surface area contributed by atoms with Gasteiger partial charge in [-0.15, -0.1) is 0 Å². The Bertz CT molecular complexity index is 1140. The van der Waals surface area contributed by atoms with Gasteiger partial charge in [-0.2, -0.15) is 0 Å². The maximum Gasteiger partial charge on any atom is 0.306 e. The molecular weight excluding hydrogens is 805 g/mol. The van der Waals surface area contributed by atoms with E-state index in [1.54, 1.807) is 0 Å². The molecule has 0 saturated carbocycles. The van der Waals surface area contributed by atoms with Crippen molar-refractivity contribution in [1.82, 2.24) is 0 Å². The molecule has 0 bridgehead atoms. The first-order chi connectivity index (χ1) is 32.0. The highest BCUT2D eigenvalue weighted by Crippen LogP contribution is 2.15. The van der Waals surface area contributed by atoms with Gasteiger partial charge in [0.25, 0.3) is 0 Å². The van der Waals surface area contributed by atoms with E-state index in [9.17, 15) is 14.4 Å². The lowest BCUT2D eigenvalue weighted by Crippen LogP contribution is -2.30. The Kier molecular flexibility index (Phi) is 51.8. The summed E-state index contributed by atoms with van der Waals surface area (Å²) >= 11 is 0. The summed E-state index contributed by atoms with van der Waals surface area (Å²) in [4.78, 5) is 38.1. The fourth-order valence-corrected chi connectivity index (χ4v) is 7.99. The minimum atomic E-state index is -0.783. The van der Waals surface area contributed by atoms with Crippen LogP contribution in [0.3, 0.4) is 0 Å². The first kappa shape index (κ1) is 62.4. The summed E-state index contributed by atoms with van der Waals surface area (Å²) in [6.45, 7) is 6.60. The van der Waals surface area contributed by atoms with Gasteiger partial charge in [-0.3, -0.25) is 14.4 Å². The lowest BCUT2D eigenvalue weighted by molar-refractivity contribution is -0.167. The summed E-state index contributed by atoms with van der Waals surface area (Å²) in [7, 11) is 0. The number of hydrogen-bond acceptors (Lipinski definition) is 6. The average Bonchev–Trinajstić information content (AvgIpc) is 3.30. The smallest absolute Gasteiger partial charge is 0.306 e. The molecule has 6 heteroatoms. The number of ether oxygens (including phenoxy) is 3. The van der Waals surface area contributed by atoms with Crippen molar-refractivity contribution in [2.75, 3.05) is 13.2 Å². The summed E-state index contributed by atoms with van der Waals surface area (Å²) in [5, 5.41) is 0. The Labute approximate surface area is 403 Å². The molecule has 1 atom stereocenters. The highest BCUT2D eigenvalue weighted by Gasteiger charge is 2.19. The zero-order valence-corrected chi connectivity index (χ0v) is 43.3. The SMILES string of the molecule is CCCCC/C=C/C/C=C/CCCCCCCC(=O)O[C@H](COC(=O)CCCCCCC/C=C/CCCCCC)COC(=O)CCCCCCCCCCC/C=C/CCCCCCCC. The molecule has 0 rings (SSSR count). The van der Waals surface area contributed by atoms with Gasteiger partial charge in [-0.1, -0.05) is 217 Å². The molecular formula is C59H106O6. The molecule has 0 heterocycles. The van der Waals surface area contributed by atoms with Gasteiger partial charge in [0.15, 0.2) is 6.10 Å². The van der Waals surface area contributed by atoms with Crippen molar-refractivity contribution in [3.05, 3.63) is 48.6 Å². The summed E-state index contributed by atoms with van der Waals surface area (Å²) in [5.74, 6) is -0.896. The number of esters is 3.